The van der Waals surface area contributed by atoms with Crippen molar-refractivity contribution in [3.63, 3.8) is 0 Å². The second-order valence-corrected chi connectivity index (χ2v) is 6.38. The summed E-state index contributed by atoms with van der Waals surface area (Å²) < 4.78 is 0. The molecule has 0 bridgehead atoms. The first-order valence-electron chi connectivity index (χ1n) is 8.42. The highest BCUT2D eigenvalue weighted by atomic mass is 15.2. The fraction of sp³-hybridized carbons (Fsp3) is 0.667. The largest absolute Gasteiger partial charge is 0.371 e. The van der Waals surface area contributed by atoms with E-state index in [9.17, 15) is 0 Å². The van der Waals surface area contributed by atoms with Crippen molar-refractivity contribution < 1.29 is 0 Å². The van der Waals surface area contributed by atoms with Crippen LogP contribution in [-0.4, -0.2) is 44.2 Å². The third kappa shape index (κ3) is 5.01. The zero-order chi connectivity index (χ0) is 15.1. The summed E-state index contributed by atoms with van der Waals surface area (Å²) >= 11 is 0. The zero-order valence-corrected chi connectivity index (χ0v) is 13.7. The van der Waals surface area contributed by atoms with Gasteiger partial charge in [0.2, 0.25) is 0 Å². The van der Waals surface area contributed by atoms with Crippen LogP contribution >= 0.6 is 0 Å². The number of hydrogen-bond acceptors (Lipinski definition) is 3. The van der Waals surface area contributed by atoms with Gasteiger partial charge in [-0.25, -0.2) is 0 Å². The first kappa shape index (κ1) is 16.3. The summed E-state index contributed by atoms with van der Waals surface area (Å²) in [6.07, 6.45) is 6.43. The molecule has 0 amide bonds. The van der Waals surface area contributed by atoms with Crippen molar-refractivity contribution in [3.05, 3.63) is 29.8 Å². The maximum absolute atomic E-state index is 5.71. The van der Waals surface area contributed by atoms with Gasteiger partial charge >= 0.3 is 0 Å². The van der Waals surface area contributed by atoms with E-state index >= 15 is 0 Å². The van der Waals surface area contributed by atoms with Crippen molar-refractivity contribution in [2.45, 2.75) is 45.1 Å². The fourth-order valence-electron chi connectivity index (χ4n) is 3.22. The lowest BCUT2D eigenvalue weighted by Gasteiger charge is -2.34. The van der Waals surface area contributed by atoms with Gasteiger partial charge in [0, 0.05) is 24.8 Å². The molecule has 3 nitrogen and oxygen atoms in total. The predicted octanol–water partition coefficient (Wildman–Crippen LogP) is 3.02. The number of anilines is 1. The van der Waals surface area contributed by atoms with E-state index in [0.717, 1.165) is 32.1 Å². The zero-order valence-electron chi connectivity index (χ0n) is 13.7. The summed E-state index contributed by atoms with van der Waals surface area (Å²) in [5.41, 5.74) is 8.37. The Labute approximate surface area is 130 Å². The molecular weight excluding hydrogens is 258 g/mol. The summed E-state index contributed by atoms with van der Waals surface area (Å²) in [6, 6.07) is 9.66. The predicted molar refractivity (Wildman–Crippen MR) is 91.9 cm³/mol. The van der Waals surface area contributed by atoms with Gasteiger partial charge < -0.3 is 15.5 Å². The van der Waals surface area contributed by atoms with Crippen LogP contribution in [0.2, 0.25) is 0 Å². The maximum Gasteiger partial charge on any atom is 0.0366 e. The van der Waals surface area contributed by atoms with Crippen LogP contribution in [0.1, 0.15) is 37.7 Å². The lowest BCUT2D eigenvalue weighted by atomic mass is 10.00. The molecule has 1 heterocycles. The molecule has 21 heavy (non-hydrogen) atoms. The van der Waals surface area contributed by atoms with Crippen LogP contribution in [-0.2, 0) is 0 Å². The molecule has 1 aliphatic rings. The first-order chi connectivity index (χ1) is 10.2. The molecule has 3 heteroatoms. The van der Waals surface area contributed by atoms with Gasteiger partial charge in [0.1, 0.15) is 0 Å². The van der Waals surface area contributed by atoms with E-state index in [0.29, 0.717) is 0 Å². The van der Waals surface area contributed by atoms with E-state index in [1.165, 1.54) is 43.5 Å². The Morgan fingerprint density at radius 3 is 2.62 bits per heavy atom. The second kappa shape index (κ2) is 8.40. The van der Waals surface area contributed by atoms with Crippen LogP contribution in [0.15, 0.2) is 24.3 Å². The summed E-state index contributed by atoms with van der Waals surface area (Å²) in [5, 5.41) is 0. The van der Waals surface area contributed by atoms with Crippen LogP contribution in [0.25, 0.3) is 0 Å². The number of likely N-dealkylation sites (tertiary alicyclic amines) is 1. The smallest absolute Gasteiger partial charge is 0.0366 e. The Morgan fingerprint density at radius 2 is 1.95 bits per heavy atom. The SMILES string of the molecule is Cc1ccc(N(CCCN)CCC2CCCCN2C)cc1. The van der Waals surface area contributed by atoms with Gasteiger partial charge in [0.15, 0.2) is 0 Å². The van der Waals surface area contributed by atoms with E-state index in [4.69, 9.17) is 5.73 Å². The molecule has 2 rings (SSSR count). The highest BCUT2D eigenvalue weighted by Crippen LogP contribution is 2.21. The molecule has 0 spiro atoms. The minimum absolute atomic E-state index is 0.754. The van der Waals surface area contributed by atoms with Gasteiger partial charge in [-0.05, 0) is 64.9 Å². The normalized spacial score (nSPS) is 19.7. The standard InChI is InChI=1S/C18H31N3/c1-16-7-9-18(10-8-16)21(14-5-12-19)15-11-17-6-3-4-13-20(17)2/h7-10,17H,3-6,11-15,19H2,1-2H3. The van der Waals surface area contributed by atoms with Crippen molar-refractivity contribution in [1.82, 2.24) is 4.90 Å². The van der Waals surface area contributed by atoms with E-state index in [1.54, 1.807) is 0 Å². The lowest BCUT2D eigenvalue weighted by Crippen LogP contribution is -2.39. The van der Waals surface area contributed by atoms with Gasteiger partial charge in [-0.2, -0.15) is 0 Å². The van der Waals surface area contributed by atoms with Gasteiger partial charge in [-0.1, -0.05) is 24.1 Å². The van der Waals surface area contributed by atoms with Crippen molar-refractivity contribution in [3.8, 4) is 0 Å². The Morgan fingerprint density at radius 1 is 1.19 bits per heavy atom. The summed E-state index contributed by atoms with van der Waals surface area (Å²) in [4.78, 5) is 5.05. The molecule has 118 valence electrons. The Bertz CT molecular complexity index is 401. The average molecular weight is 289 g/mol. The number of piperidine rings is 1. The molecule has 1 fully saturated rings. The Balaban J connectivity index is 1.94. The Kier molecular flexibility index (Phi) is 6.52. The highest BCUT2D eigenvalue weighted by Gasteiger charge is 2.19. The lowest BCUT2D eigenvalue weighted by molar-refractivity contribution is 0.177. The van der Waals surface area contributed by atoms with E-state index in [2.05, 4.69) is 48.0 Å². The number of nitrogens with zero attached hydrogens (tertiary/aromatic N) is 2. The molecule has 1 aliphatic heterocycles. The second-order valence-electron chi connectivity index (χ2n) is 6.38. The van der Waals surface area contributed by atoms with Crippen LogP contribution in [0, 0.1) is 6.92 Å². The Hall–Kier alpha value is -1.06. The van der Waals surface area contributed by atoms with Crippen molar-refractivity contribution >= 4 is 5.69 Å². The minimum atomic E-state index is 0.754. The molecule has 1 aromatic carbocycles. The fourth-order valence-corrected chi connectivity index (χ4v) is 3.22. The molecule has 0 aliphatic carbocycles. The number of hydrogen-bond donors (Lipinski definition) is 1. The van der Waals surface area contributed by atoms with Crippen LogP contribution in [0.3, 0.4) is 0 Å². The van der Waals surface area contributed by atoms with Crippen LogP contribution < -0.4 is 10.6 Å². The van der Waals surface area contributed by atoms with Gasteiger partial charge in [0.05, 0.1) is 0 Å². The topological polar surface area (TPSA) is 32.5 Å². The monoisotopic (exact) mass is 289 g/mol. The van der Waals surface area contributed by atoms with Crippen molar-refractivity contribution in [2.75, 3.05) is 38.1 Å². The molecule has 1 unspecified atom stereocenters. The molecule has 0 saturated carbocycles. The average Bonchev–Trinajstić information content (AvgIpc) is 2.50. The minimum Gasteiger partial charge on any atom is -0.371 e. The van der Waals surface area contributed by atoms with Crippen molar-refractivity contribution in [1.29, 1.82) is 0 Å². The quantitative estimate of drug-likeness (QED) is 0.837. The summed E-state index contributed by atoms with van der Waals surface area (Å²) in [5.74, 6) is 0. The van der Waals surface area contributed by atoms with Crippen LogP contribution in [0.4, 0.5) is 5.69 Å². The maximum atomic E-state index is 5.71. The molecule has 1 atom stereocenters. The van der Waals surface area contributed by atoms with Crippen LogP contribution in [0.5, 0.6) is 0 Å². The number of rotatable bonds is 7. The van der Waals surface area contributed by atoms with Gasteiger partial charge in [0.25, 0.3) is 0 Å². The molecule has 1 saturated heterocycles. The van der Waals surface area contributed by atoms with Gasteiger partial charge in [-0.15, -0.1) is 0 Å². The number of benzene rings is 1. The first-order valence-corrected chi connectivity index (χ1v) is 8.42. The van der Waals surface area contributed by atoms with Gasteiger partial charge in [-0.3, -0.25) is 0 Å². The van der Waals surface area contributed by atoms with E-state index in [-0.39, 0.29) is 0 Å². The molecule has 0 aromatic heterocycles. The molecule has 1 aromatic rings. The molecular formula is C18H31N3. The number of nitrogens with two attached hydrogens (primary N) is 1. The molecule has 2 N–H and O–H groups in total. The third-order valence-corrected chi connectivity index (χ3v) is 4.69. The van der Waals surface area contributed by atoms with E-state index < -0.39 is 0 Å². The van der Waals surface area contributed by atoms with E-state index in [1.807, 2.05) is 0 Å². The third-order valence-electron chi connectivity index (χ3n) is 4.69. The molecule has 0 radical (unpaired) electrons. The highest BCUT2D eigenvalue weighted by molar-refractivity contribution is 5.47. The summed E-state index contributed by atoms with van der Waals surface area (Å²) in [7, 11) is 2.28. The summed E-state index contributed by atoms with van der Waals surface area (Å²) in [6.45, 7) is 6.38. The van der Waals surface area contributed by atoms with Crippen molar-refractivity contribution in [2.24, 2.45) is 5.73 Å². The number of aryl methyl sites for hydroxylation is 1.